The largest absolute Gasteiger partial charge is 0.466 e. The first-order valence-electron chi connectivity index (χ1n) is 5.87. The zero-order valence-electron chi connectivity index (χ0n) is 10.6. The SMILES string of the molecule is COC(=O)C1=CC=C(c2ccc(SC)cc2)CC1. The number of thioether (sulfide) groups is 1. The smallest absolute Gasteiger partial charge is 0.333 e. The fourth-order valence-electron chi connectivity index (χ4n) is 1.98. The Bertz CT molecular complexity index is 498. The average molecular weight is 260 g/mol. The van der Waals surface area contributed by atoms with Crippen LogP contribution >= 0.6 is 11.8 Å². The van der Waals surface area contributed by atoms with Gasteiger partial charge >= 0.3 is 5.97 Å². The Kier molecular flexibility index (Phi) is 4.26. The second-order valence-electron chi connectivity index (χ2n) is 4.10. The zero-order chi connectivity index (χ0) is 13.0. The minimum absolute atomic E-state index is 0.219. The highest BCUT2D eigenvalue weighted by molar-refractivity contribution is 7.98. The number of benzene rings is 1. The van der Waals surface area contributed by atoms with Gasteiger partial charge < -0.3 is 4.74 Å². The molecule has 0 aliphatic heterocycles. The molecule has 1 aliphatic carbocycles. The molecule has 0 unspecified atom stereocenters. The average Bonchev–Trinajstić information content (AvgIpc) is 2.47. The van der Waals surface area contributed by atoms with Gasteiger partial charge in [0, 0.05) is 10.5 Å². The molecular formula is C15H16O2S. The Labute approximate surface area is 112 Å². The quantitative estimate of drug-likeness (QED) is 0.612. The molecule has 0 atom stereocenters. The van der Waals surface area contributed by atoms with Crippen LogP contribution in [0.4, 0.5) is 0 Å². The van der Waals surface area contributed by atoms with E-state index < -0.39 is 0 Å². The van der Waals surface area contributed by atoms with Gasteiger partial charge in [-0.05, 0) is 42.4 Å². The summed E-state index contributed by atoms with van der Waals surface area (Å²) in [4.78, 5) is 12.6. The van der Waals surface area contributed by atoms with Gasteiger partial charge in [0.05, 0.1) is 7.11 Å². The van der Waals surface area contributed by atoms with Crippen LogP contribution in [0.2, 0.25) is 0 Å². The fraction of sp³-hybridized carbons (Fsp3) is 0.267. The molecule has 18 heavy (non-hydrogen) atoms. The van der Waals surface area contributed by atoms with Crippen molar-refractivity contribution in [1.29, 1.82) is 0 Å². The molecule has 0 aromatic heterocycles. The highest BCUT2D eigenvalue weighted by atomic mass is 32.2. The number of ether oxygens (including phenoxy) is 1. The van der Waals surface area contributed by atoms with Gasteiger partial charge in [-0.1, -0.05) is 24.3 Å². The topological polar surface area (TPSA) is 26.3 Å². The maximum atomic E-state index is 11.4. The van der Waals surface area contributed by atoms with E-state index in [9.17, 15) is 4.79 Å². The van der Waals surface area contributed by atoms with Crippen LogP contribution < -0.4 is 0 Å². The lowest BCUT2D eigenvalue weighted by Gasteiger charge is -2.13. The summed E-state index contributed by atoms with van der Waals surface area (Å²) in [6, 6.07) is 8.52. The van der Waals surface area contributed by atoms with Gasteiger partial charge in [0.15, 0.2) is 0 Å². The molecule has 0 spiro atoms. The summed E-state index contributed by atoms with van der Waals surface area (Å²) < 4.78 is 4.72. The molecule has 2 rings (SSSR count). The molecule has 1 aromatic rings. The highest BCUT2D eigenvalue weighted by Gasteiger charge is 2.14. The van der Waals surface area contributed by atoms with E-state index in [0.717, 1.165) is 18.4 Å². The van der Waals surface area contributed by atoms with Crippen LogP contribution in [-0.4, -0.2) is 19.3 Å². The van der Waals surface area contributed by atoms with Crippen LogP contribution in [0.5, 0.6) is 0 Å². The summed E-state index contributed by atoms with van der Waals surface area (Å²) >= 11 is 1.74. The summed E-state index contributed by atoms with van der Waals surface area (Å²) in [6.45, 7) is 0. The minimum atomic E-state index is -0.219. The second-order valence-corrected chi connectivity index (χ2v) is 4.98. The van der Waals surface area contributed by atoms with E-state index in [1.807, 2.05) is 12.2 Å². The van der Waals surface area contributed by atoms with Crippen LogP contribution in [0, 0.1) is 0 Å². The number of carbonyl (C=O) groups is 1. The first kappa shape index (κ1) is 13.0. The zero-order valence-corrected chi connectivity index (χ0v) is 11.4. The Morgan fingerprint density at radius 2 is 1.89 bits per heavy atom. The number of rotatable bonds is 3. The Morgan fingerprint density at radius 1 is 1.17 bits per heavy atom. The lowest BCUT2D eigenvalue weighted by molar-refractivity contribution is -0.136. The van der Waals surface area contributed by atoms with Crippen molar-refractivity contribution in [2.75, 3.05) is 13.4 Å². The summed E-state index contributed by atoms with van der Waals surface area (Å²) in [5.41, 5.74) is 3.25. The van der Waals surface area contributed by atoms with Gasteiger partial charge in [-0.3, -0.25) is 0 Å². The van der Waals surface area contributed by atoms with Crippen LogP contribution in [-0.2, 0) is 9.53 Å². The van der Waals surface area contributed by atoms with Gasteiger partial charge in [-0.25, -0.2) is 4.79 Å². The van der Waals surface area contributed by atoms with E-state index in [1.165, 1.54) is 23.1 Å². The standard InChI is InChI=1S/C15H16O2S/c1-17-15(16)13-5-3-11(4-6-13)12-7-9-14(18-2)10-8-12/h3,5,7-10H,4,6H2,1-2H3. The Morgan fingerprint density at radius 3 is 2.39 bits per heavy atom. The Balaban J connectivity index is 2.17. The van der Waals surface area contributed by atoms with Crippen LogP contribution in [0.1, 0.15) is 18.4 Å². The van der Waals surface area contributed by atoms with Gasteiger partial charge in [-0.15, -0.1) is 11.8 Å². The van der Waals surface area contributed by atoms with Gasteiger partial charge in [0.25, 0.3) is 0 Å². The molecule has 94 valence electrons. The summed E-state index contributed by atoms with van der Waals surface area (Å²) in [7, 11) is 1.42. The molecule has 2 nitrogen and oxygen atoms in total. The van der Waals surface area contributed by atoms with Crippen molar-refractivity contribution >= 4 is 23.3 Å². The van der Waals surface area contributed by atoms with Crippen molar-refractivity contribution in [3.05, 3.63) is 47.6 Å². The van der Waals surface area contributed by atoms with Gasteiger partial charge in [0.1, 0.15) is 0 Å². The third-order valence-corrected chi connectivity index (χ3v) is 3.80. The molecule has 0 bridgehead atoms. The van der Waals surface area contributed by atoms with E-state index in [0.29, 0.717) is 0 Å². The molecule has 1 aromatic carbocycles. The van der Waals surface area contributed by atoms with Crippen LogP contribution in [0.15, 0.2) is 46.9 Å². The van der Waals surface area contributed by atoms with Crippen molar-refractivity contribution < 1.29 is 9.53 Å². The summed E-state index contributed by atoms with van der Waals surface area (Å²) in [5, 5.41) is 0. The van der Waals surface area contributed by atoms with Crippen molar-refractivity contribution in [3.63, 3.8) is 0 Å². The van der Waals surface area contributed by atoms with E-state index in [-0.39, 0.29) is 5.97 Å². The van der Waals surface area contributed by atoms with Crippen molar-refractivity contribution in [1.82, 2.24) is 0 Å². The molecule has 0 fully saturated rings. The van der Waals surface area contributed by atoms with E-state index >= 15 is 0 Å². The Hall–Kier alpha value is -1.48. The van der Waals surface area contributed by atoms with E-state index in [4.69, 9.17) is 4.74 Å². The predicted molar refractivity (Wildman–Crippen MR) is 75.5 cm³/mol. The molecule has 0 radical (unpaired) electrons. The summed E-state index contributed by atoms with van der Waals surface area (Å²) in [6.07, 6.45) is 7.60. The van der Waals surface area contributed by atoms with Crippen LogP contribution in [0.3, 0.4) is 0 Å². The normalized spacial score (nSPS) is 14.8. The number of esters is 1. The molecule has 0 saturated heterocycles. The lowest BCUT2D eigenvalue weighted by Crippen LogP contribution is -2.07. The molecule has 1 aliphatic rings. The number of methoxy groups -OCH3 is 1. The predicted octanol–water partition coefficient (Wildman–Crippen LogP) is 3.69. The molecule has 0 amide bonds. The molecule has 0 N–H and O–H groups in total. The lowest BCUT2D eigenvalue weighted by atomic mass is 9.93. The summed E-state index contributed by atoms with van der Waals surface area (Å²) in [5.74, 6) is -0.219. The second kappa shape index (κ2) is 5.91. The maximum absolute atomic E-state index is 11.4. The molecule has 0 heterocycles. The highest BCUT2D eigenvalue weighted by Crippen LogP contribution is 2.28. The van der Waals surface area contributed by atoms with E-state index in [2.05, 4.69) is 30.5 Å². The molecular weight excluding hydrogens is 244 g/mol. The number of hydrogen-bond acceptors (Lipinski definition) is 3. The maximum Gasteiger partial charge on any atom is 0.333 e. The first-order valence-corrected chi connectivity index (χ1v) is 7.09. The third kappa shape index (κ3) is 2.85. The minimum Gasteiger partial charge on any atom is -0.466 e. The van der Waals surface area contributed by atoms with Crippen molar-refractivity contribution in [2.24, 2.45) is 0 Å². The fourth-order valence-corrected chi connectivity index (χ4v) is 2.39. The van der Waals surface area contributed by atoms with Gasteiger partial charge in [0.2, 0.25) is 0 Å². The third-order valence-electron chi connectivity index (χ3n) is 3.06. The van der Waals surface area contributed by atoms with Crippen molar-refractivity contribution in [2.45, 2.75) is 17.7 Å². The van der Waals surface area contributed by atoms with Gasteiger partial charge in [-0.2, -0.15) is 0 Å². The van der Waals surface area contributed by atoms with Crippen LogP contribution in [0.25, 0.3) is 5.57 Å². The number of carbonyl (C=O) groups excluding carboxylic acids is 1. The van der Waals surface area contributed by atoms with E-state index in [1.54, 1.807) is 11.8 Å². The monoisotopic (exact) mass is 260 g/mol. The number of allylic oxidation sites excluding steroid dienone is 3. The molecule has 3 heteroatoms. The van der Waals surface area contributed by atoms with Crippen molar-refractivity contribution in [3.8, 4) is 0 Å². The number of hydrogen-bond donors (Lipinski definition) is 0. The first-order chi connectivity index (χ1) is 8.74. The molecule has 0 saturated carbocycles.